The fourth-order valence-electron chi connectivity index (χ4n) is 4.44. The van der Waals surface area contributed by atoms with Gasteiger partial charge in [0.2, 0.25) is 0 Å². The lowest BCUT2D eigenvalue weighted by Gasteiger charge is -2.23. The molecule has 0 radical (unpaired) electrons. The number of carbonyl (C=O) groups excluding carboxylic acids is 4. The summed E-state index contributed by atoms with van der Waals surface area (Å²) in [5, 5.41) is 0. The molecule has 0 saturated carbocycles. The zero-order valence-corrected chi connectivity index (χ0v) is 26.7. The highest BCUT2D eigenvalue weighted by atomic mass is 16.6. The number of carbonyl (C=O) groups is 4. The molecule has 4 rings (SSSR count). The summed E-state index contributed by atoms with van der Waals surface area (Å²) in [5.74, 6) is -4.17. The number of rotatable bonds is 15. The van der Waals surface area contributed by atoms with Gasteiger partial charge < -0.3 is 37.9 Å². The lowest BCUT2D eigenvalue weighted by atomic mass is 9.86. The smallest absolute Gasteiger partial charge is 0.315 e. The van der Waals surface area contributed by atoms with Crippen molar-refractivity contribution in [3.05, 3.63) is 97.1 Å². The Hall–Kier alpha value is -6.04. The predicted molar refractivity (Wildman–Crippen MR) is 171 cm³/mol. The highest BCUT2D eigenvalue weighted by Gasteiger charge is 2.41. The molecule has 0 bridgehead atoms. The van der Waals surface area contributed by atoms with E-state index in [0.29, 0.717) is 23.0 Å². The minimum absolute atomic E-state index is 0.109. The summed E-state index contributed by atoms with van der Waals surface area (Å²) in [6, 6.07) is 24.5. The van der Waals surface area contributed by atoms with Crippen LogP contribution in [0.15, 0.2) is 97.1 Å². The summed E-state index contributed by atoms with van der Waals surface area (Å²) in [7, 11) is 5.95. The molecule has 48 heavy (non-hydrogen) atoms. The number of esters is 4. The molecule has 12 heteroatoms. The fourth-order valence-corrected chi connectivity index (χ4v) is 4.44. The van der Waals surface area contributed by atoms with Crippen LogP contribution in [-0.4, -0.2) is 52.3 Å². The van der Waals surface area contributed by atoms with Crippen molar-refractivity contribution in [1.29, 1.82) is 0 Å². The number of methoxy groups -OCH3 is 4. The van der Waals surface area contributed by atoms with E-state index >= 15 is 0 Å². The molecule has 12 nitrogen and oxygen atoms in total. The molecule has 0 saturated heterocycles. The number of hydrogen-bond donors (Lipinski definition) is 0. The molecule has 2 unspecified atom stereocenters. The van der Waals surface area contributed by atoms with Crippen LogP contribution < -0.4 is 37.9 Å². The molecule has 4 aromatic carbocycles. The molecule has 4 aromatic rings. The standard InChI is InChI=1S/C36H34O12/c1-41-23-5-13-27(14-6-23)45-33(37)21-31(35(39)47-29-17-9-25(43-3)10-18-29)32(36(40)48-30-19-11-26(44-4)12-20-30)22-34(38)46-28-15-7-24(42-2)8-16-28/h5-20,31-32H,21-22H2,1-4H3. The first-order chi connectivity index (χ1) is 23.2. The summed E-state index contributed by atoms with van der Waals surface area (Å²) in [6.45, 7) is 0. The first-order valence-corrected chi connectivity index (χ1v) is 14.6. The molecule has 250 valence electrons. The van der Waals surface area contributed by atoms with Crippen LogP contribution in [0.25, 0.3) is 0 Å². The van der Waals surface area contributed by atoms with Gasteiger partial charge >= 0.3 is 23.9 Å². The number of hydrogen-bond acceptors (Lipinski definition) is 12. The topological polar surface area (TPSA) is 142 Å². The third-order valence-corrected chi connectivity index (χ3v) is 7.00. The summed E-state index contributed by atoms with van der Waals surface area (Å²) >= 11 is 0. The van der Waals surface area contributed by atoms with E-state index < -0.39 is 48.6 Å². The fraction of sp³-hybridized carbons (Fsp3) is 0.222. The van der Waals surface area contributed by atoms with E-state index in [4.69, 9.17) is 37.9 Å². The maximum Gasteiger partial charge on any atom is 0.315 e. The first-order valence-electron chi connectivity index (χ1n) is 14.6. The lowest BCUT2D eigenvalue weighted by molar-refractivity contribution is -0.156. The van der Waals surface area contributed by atoms with E-state index in [1.165, 1.54) is 77.0 Å². The average molecular weight is 659 g/mol. The Balaban J connectivity index is 1.64. The van der Waals surface area contributed by atoms with Crippen molar-refractivity contribution in [1.82, 2.24) is 0 Å². The molecular weight excluding hydrogens is 624 g/mol. The Morgan fingerprint density at radius 1 is 0.375 bits per heavy atom. The molecule has 0 aromatic heterocycles. The van der Waals surface area contributed by atoms with Crippen LogP contribution in [0.3, 0.4) is 0 Å². The van der Waals surface area contributed by atoms with Gasteiger partial charge in [-0.3, -0.25) is 19.2 Å². The minimum Gasteiger partial charge on any atom is -0.497 e. The maximum absolute atomic E-state index is 13.8. The van der Waals surface area contributed by atoms with E-state index in [2.05, 4.69) is 0 Å². The van der Waals surface area contributed by atoms with Gasteiger partial charge in [0, 0.05) is 0 Å². The number of benzene rings is 4. The van der Waals surface area contributed by atoms with Crippen LogP contribution >= 0.6 is 0 Å². The predicted octanol–water partition coefficient (Wildman–Crippen LogP) is 5.46. The van der Waals surface area contributed by atoms with Crippen LogP contribution in [0.1, 0.15) is 12.8 Å². The van der Waals surface area contributed by atoms with E-state index in [1.807, 2.05) is 0 Å². The molecule has 0 fully saturated rings. The van der Waals surface area contributed by atoms with Gasteiger partial charge in [0.1, 0.15) is 46.0 Å². The van der Waals surface area contributed by atoms with Crippen LogP contribution in [0.5, 0.6) is 46.0 Å². The van der Waals surface area contributed by atoms with Gasteiger partial charge in [-0.15, -0.1) is 0 Å². The highest BCUT2D eigenvalue weighted by Crippen LogP contribution is 2.29. The van der Waals surface area contributed by atoms with Crippen molar-refractivity contribution in [3.8, 4) is 46.0 Å². The summed E-state index contributed by atoms with van der Waals surface area (Å²) in [4.78, 5) is 54.0. The Morgan fingerprint density at radius 3 is 0.812 bits per heavy atom. The molecule has 0 spiro atoms. The zero-order chi connectivity index (χ0) is 34.5. The van der Waals surface area contributed by atoms with Gasteiger partial charge in [0.05, 0.1) is 53.1 Å². The lowest BCUT2D eigenvalue weighted by Crippen LogP contribution is -2.39. The zero-order valence-electron chi connectivity index (χ0n) is 26.7. The largest absolute Gasteiger partial charge is 0.497 e. The summed E-state index contributed by atoms with van der Waals surface area (Å²) in [6.07, 6.45) is -1.31. The first kappa shape index (κ1) is 34.8. The molecule has 0 amide bonds. The Kier molecular flexibility index (Phi) is 12.4. The second-order valence-corrected chi connectivity index (χ2v) is 10.1. The van der Waals surface area contributed by atoms with Crippen molar-refractivity contribution >= 4 is 23.9 Å². The van der Waals surface area contributed by atoms with Crippen LogP contribution in [-0.2, 0) is 19.2 Å². The molecule has 2 atom stereocenters. The van der Waals surface area contributed by atoms with Crippen molar-refractivity contribution in [2.24, 2.45) is 11.8 Å². The number of ether oxygens (including phenoxy) is 8. The third-order valence-electron chi connectivity index (χ3n) is 7.00. The molecule has 0 N–H and O–H groups in total. The molecule has 0 aliphatic heterocycles. The third kappa shape index (κ3) is 9.98. The highest BCUT2D eigenvalue weighted by molar-refractivity contribution is 5.90. The molecule has 0 aliphatic carbocycles. The van der Waals surface area contributed by atoms with E-state index in [-0.39, 0.29) is 23.0 Å². The molecular formula is C36H34O12. The monoisotopic (exact) mass is 658 g/mol. The normalized spacial score (nSPS) is 11.7. The van der Waals surface area contributed by atoms with Crippen molar-refractivity contribution in [3.63, 3.8) is 0 Å². The van der Waals surface area contributed by atoms with Crippen LogP contribution in [0.2, 0.25) is 0 Å². The van der Waals surface area contributed by atoms with Crippen LogP contribution in [0, 0.1) is 11.8 Å². The molecule has 0 aliphatic rings. The van der Waals surface area contributed by atoms with Crippen LogP contribution in [0.4, 0.5) is 0 Å². The minimum atomic E-state index is -1.55. The van der Waals surface area contributed by atoms with Gasteiger partial charge in [0.15, 0.2) is 0 Å². The van der Waals surface area contributed by atoms with E-state index in [9.17, 15) is 19.2 Å². The summed E-state index contributed by atoms with van der Waals surface area (Å²) < 4.78 is 42.7. The van der Waals surface area contributed by atoms with Crippen molar-refractivity contribution < 1.29 is 57.1 Å². The Labute approximate surface area is 277 Å². The Bertz CT molecular complexity index is 1540. The van der Waals surface area contributed by atoms with Crippen molar-refractivity contribution in [2.45, 2.75) is 12.8 Å². The second kappa shape index (κ2) is 17.0. The van der Waals surface area contributed by atoms with Gasteiger partial charge in [-0.05, 0) is 97.1 Å². The quantitative estimate of drug-likeness (QED) is 0.118. The SMILES string of the molecule is COc1ccc(OC(=O)CC(C(=O)Oc2ccc(OC)cc2)C(CC(=O)Oc2ccc(OC)cc2)C(=O)Oc2ccc(OC)cc2)cc1. The van der Waals surface area contributed by atoms with Gasteiger partial charge in [-0.25, -0.2) is 0 Å². The van der Waals surface area contributed by atoms with E-state index in [1.54, 1.807) is 48.5 Å². The van der Waals surface area contributed by atoms with Gasteiger partial charge in [-0.2, -0.15) is 0 Å². The van der Waals surface area contributed by atoms with Crippen molar-refractivity contribution in [2.75, 3.05) is 28.4 Å². The average Bonchev–Trinajstić information content (AvgIpc) is 3.11. The summed E-state index contributed by atoms with van der Waals surface area (Å²) in [5.41, 5.74) is 0. The molecule has 0 heterocycles. The van der Waals surface area contributed by atoms with Gasteiger partial charge in [-0.1, -0.05) is 0 Å². The van der Waals surface area contributed by atoms with E-state index in [0.717, 1.165) is 0 Å². The second-order valence-electron chi connectivity index (χ2n) is 10.1. The Morgan fingerprint density at radius 2 is 0.583 bits per heavy atom. The van der Waals surface area contributed by atoms with Gasteiger partial charge in [0.25, 0.3) is 0 Å². The maximum atomic E-state index is 13.8.